The van der Waals surface area contributed by atoms with Crippen molar-refractivity contribution in [3.05, 3.63) is 24.3 Å². The Balaban J connectivity index is 1.79. The molecule has 2 aliphatic heterocycles. The van der Waals surface area contributed by atoms with Crippen molar-refractivity contribution in [1.82, 2.24) is 9.80 Å². The zero-order valence-corrected chi connectivity index (χ0v) is 15.3. The summed E-state index contributed by atoms with van der Waals surface area (Å²) in [5.41, 5.74) is -1.09. The summed E-state index contributed by atoms with van der Waals surface area (Å²) in [5.74, 6) is 0.955. The summed E-state index contributed by atoms with van der Waals surface area (Å²) in [6, 6.07) is 6.93. The topological polar surface area (TPSA) is 59.1 Å². The van der Waals surface area contributed by atoms with Gasteiger partial charge in [-0.05, 0) is 45.7 Å². The summed E-state index contributed by atoms with van der Waals surface area (Å²) in [4.78, 5) is 29.3. The predicted octanol–water partition coefficient (Wildman–Crippen LogP) is 2.07. The number of nitrogens with zero attached hydrogens (tertiary/aromatic N) is 2. The van der Waals surface area contributed by atoms with E-state index in [1.54, 1.807) is 44.9 Å². The fourth-order valence-corrected chi connectivity index (χ4v) is 3.70. The van der Waals surface area contributed by atoms with E-state index in [-0.39, 0.29) is 17.9 Å². The first-order chi connectivity index (χ1) is 11.8. The number of carbonyl (C=O) groups is 2. The molecule has 1 aromatic rings. The third kappa shape index (κ3) is 3.17. The summed E-state index contributed by atoms with van der Waals surface area (Å²) < 4.78 is 11.3. The van der Waals surface area contributed by atoms with Crippen LogP contribution in [0.15, 0.2) is 24.3 Å². The van der Waals surface area contributed by atoms with Crippen molar-refractivity contribution in [3.63, 3.8) is 0 Å². The van der Waals surface area contributed by atoms with E-state index in [0.717, 1.165) is 19.4 Å². The van der Waals surface area contributed by atoms with Crippen LogP contribution < -0.4 is 9.47 Å². The van der Waals surface area contributed by atoms with E-state index in [2.05, 4.69) is 0 Å². The summed E-state index contributed by atoms with van der Waals surface area (Å²) in [7, 11) is 1.57. The molecule has 6 nitrogen and oxygen atoms in total. The first-order valence-corrected chi connectivity index (χ1v) is 8.78. The molecule has 0 aromatic heterocycles. The molecule has 0 aliphatic carbocycles. The van der Waals surface area contributed by atoms with Gasteiger partial charge in [-0.25, -0.2) is 0 Å². The zero-order valence-electron chi connectivity index (χ0n) is 15.3. The van der Waals surface area contributed by atoms with Crippen molar-refractivity contribution in [2.24, 2.45) is 0 Å². The predicted molar refractivity (Wildman–Crippen MR) is 93.6 cm³/mol. The minimum absolute atomic E-state index is 0.0372. The minimum Gasteiger partial charge on any atom is -0.493 e. The zero-order chi connectivity index (χ0) is 18.2. The first-order valence-electron chi connectivity index (χ1n) is 8.78. The molecule has 2 aliphatic rings. The van der Waals surface area contributed by atoms with Crippen molar-refractivity contribution in [1.29, 1.82) is 0 Å². The summed E-state index contributed by atoms with van der Waals surface area (Å²) in [6.45, 7) is 6.65. The lowest BCUT2D eigenvalue weighted by atomic mass is 10.0. The molecule has 136 valence electrons. The van der Waals surface area contributed by atoms with E-state index in [4.69, 9.17) is 9.47 Å². The van der Waals surface area contributed by atoms with Crippen LogP contribution >= 0.6 is 0 Å². The minimum atomic E-state index is -1.09. The Kier molecular flexibility index (Phi) is 4.62. The van der Waals surface area contributed by atoms with Crippen LogP contribution in [0.25, 0.3) is 0 Å². The van der Waals surface area contributed by atoms with Crippen molar-refractivity contribution in [3.8, 4) is 11.5 Å². The van der Waals surface area contributed by atoms with Gasteiger partial charge in [0.05, 0.1) is 7.11 Å². The second kappa shape index (κ2) is 6.58. The highest BCUT2D eigenvalue weighted by atomic mass is 16.5. The Labute approximate surface area is 148 Å². The third-order valence-corrected chi connectivity index (χ3v) is 5.10. The number of rotatable bonds is 4. The van der Waals surface area contributed by atoms with Gasteiger partial charge in [-0.2, -0.15) is 0 Å². The fraction of sp³-hybridized carbons (Fsp3) is 0.579. The van der Waals surface area contributed by atoms with Crippen molar-refractivity contribution in [2.75, 3.05) is 20.2 Å². The fourth-order valence-electron chi connectivity index (χ4n) is 3.70. The van der Waals surface area contributed by atoms with Gasteiger partial charge in [0.1, 0.15) is 6.04 Å². The van der Waals surface area contributed by atoms with Gasteiger partial charge in [-0.15, -0.1) is 0 Å². The smallest absolute Gasteiger partial charge is 0.266 e. The molecule has 2 atom stereocenters. The lowest BCUT2D eigenvalue weighted by molar-refractivity contribution is -0.160. The molecule has 0 radical (unpaired) electrons. The number of fused-ring (bicyclic) bond motifs is 1. The summed E-state index contributed by atoms with van der Waals surface area (Å²) >= 11 is 0. The van der Waals surface area contributed by atoms with E-state index in [1.807, 2.05) is 17.0 Å². The number of para-hydroxylation sites is 2. The summed E-state index contributed by atoms with van der Waals surface area (Å²) in [6.07, 6.45) is 1.96. The second-order valence-electron chi connectivity index (χ2n) is 7.22. The Hall–Kier alpha value is -2.24. The standard InChI is InChI=1S/C19H26N2O4/c1-13-17(22)20-11-7-8-14(20)12-21(13)18(23)19(2,3)25-16-10-6-5-9-15(16)24-4/h5-6,9-10,13-14H,7-8,11-12H2,1-4H3/t13-,14-/m0/s1. The van der Waals surface area contributed by atoms with Crippen LogP contribution in [0.4, 0.5) is 0 Å². The number of benzene rings is 1. The number of hydrogen-bond donors (Lipinski definition) is 0. The largest absolute Gasteiger partial charge is 0.493 e. The van der Waals surface area contributed by atoms with Crippen LogP contribution in [-0.2, 0) is 9.59 Å². The molecular weight excluding hydrogens is 320 g/mol. The van der Waals surface area contributed by atoms with Gasteiger partial charge in [0.25, 0.3) is 5.91 Å². The average Bonchev–Trinajstić information content (AvgIpc) is 3.06. The monoisotopic (exact) mass is 346 g/mol. The van der Waals surface area contributed by atoms with Crippen LogP contribution in [0.5, 0.6) is 11.5 Å². The van der Waals surface area contributed by atoms with E-state index >= 15 is 0 Å². The van der Waals surface area contributed by atoms with E-state index in [1.165, 1.54) is 0 Å². The molecule has 2 fully saturated rings. The van der Waals surface area contributed by atoms with E-state index in [9.17, 15) is 9.59 Å². The Morgan fingerprint density at radius 3 is 2.60 bits per heavy atom. The van der Waals surface area contributed by atoms with Crippen LogP contribution in [0.2, 0.25) is 0 Å². The van der Waals surface area contributed by atoms with Gasteiger partial charge >= 0.3 is 0 Å². The molecule has 0 bridgehead atoms. The molecule has 2 saturated heterocycles. The normalized spacial score (nSPS) is 23.4. The number of amides is 2. The molecule has 6 heteroatoms. The van der Waals surface area contributed by atoms with Crippen molar-refractivity contribution < 1.29 is 19.1 Å². The highest BCUT2D eigenvalue weighted by Gasteiger charge is 2.46. The van der Waals surface area contributed by atoms with Gasteiger partial charge in [0.2, 0.25) is 5.91 Å². The first kappa shape index (κ1) is 17.6. The molecule has 0 spiro atoms. The molecule has 0 unspecified atom stereocenters. The van der Waals surface area contributed by atoms with E-state index in [0.29, 0.717) is 18.0 Å². The maximum Gasteiger partial charge on any atom is 0.266 e. The maximum atomic E-state index is 13.2. The molecule has 3 rings (SSSR count). The van der Waals surface area contributed by atoms with Gasteiger partial charge < -0.3 is 19.3 Å². The Morgan fingerprint density at radius 1 is 1.24 bits per heavy atom. The SMILES string of the molecule is COc1ccccc1OC(C)(C)C(=O)N1C[C@@H]2CCCN2C(=O)[C@@H]1C. The number of piperazine rings is 1. The van der Waals surface area contributed by atoms with Crippen LogP contribution in [0, 0.1) is 0 Å². The average molecular weight is 346 g/mol. The molecule has 1 aromatic carbocycles. The van der Waals surface area contributed by atoms with Gasteiger partial charge in [-0.3, -0.25) is 9.59 Å². The van der Waals surface area contributed by atoms with Gasteiger partial charge in [0, 0.05) is 19.1 Å². The number of carbonyl (C=O) groups excluding carboxylic acids is 2. The van der Waals surface area contributed by atoms with Crippen molar-refractivity contribution in [2.45, 2.75) is 51.3 Å². The number of hydrogen-bond acceptors (Lipinski definition) is 4. The lowest BCUT2D eigenvalue weighted by Crippen LogP contribution is -2.63. The van der Waals surface area contributed by atoms with Crippen LogP contribution in [0.3, 0.4) is 0 Å². The Morgan fingerprint density at radius 2 is 1.92 bits per heavy atom. The highest BCUT2D eigenvalue weighted by molar-refractivity contribution is 5.92. The molecule has 0 N–H and O–H groups in total. The van der Waals surface area contributed by atoms with Gasteiger partial charge in [0.15, 0.2) is 17.1 Å². The second-order valence-corrected chi connectivity index (χ2v) is 7.22. The molecule has 2 amide bonds. The van der Waals surface area contributed by atoms with Crippen molar-refractivity contribution >= 4 is 11.8 Å². The number of ether oxygens (including phenoxy) is 2. The highest BCUT2D eigenvalue weighted by Crippen LogP contribution is 2.32. The molecule has 25 heavy (non-hydrogen) atoms. The third-order valence-electron chi connectivity index (χ3n) is 5.10. The lowest BCUT2D eigenvalue weighted by Gasteiger charge is -2.44. The molecule has 2 heterocycles. The maximum absolute atomic E-state index is 13.2. The Bertz CT molecular complexity index is 673. The summed E-state index contributed by atoms with van der Waals surface area (Å²) in [5, 5.41) is 0. The molecular formula is C19H26N2O4. The number of methoxy groups -OCH3 is 1. The van der Waals surface area contributed by atoms with Gasteiger partial charge in [-0.1, -0.05) is 12.1 Å². The quantitative estimate of drug-likeness (QED) is 0.837. The van der Waals surface area contributed by atoms with Crippen LogP contribution in [-0.4, -0.2) is 59.5 Å². The van der Waals surface area contributed by atoms with E-state index < -0.39 is 11.6 Å². The van der Waals surface area contributed by atoms with Crippen LogP contribution in [0.1, 0.15) is 33.6 Å². The molecule has 0 saturated carbocycles.